The molecule has 0 unspecified atom stereocenters. The third-order valence-electron chi connectivity index (χ3n) is 3.78. The number of carboxylic acids is 1. The first-order valence-corrected chi connectivity index (χ1v) is 7.39. The Hall–Kier alpha value is -1.55. The molecule has 0 amide bonds. The summed E-state index contributed by atoms with van der Waals surface area (Å²) >= 11 is 0. The summed E-state index contributed by atoms with van der Waals surface area (Å²) in [6.45, 7) is 4.39. The van der Waals surface area contributed by atoms with Crippen LogP contribution >= 0.6 is 0 Å². The number of piperidine rings is 1. The number of likely N-dealkylation sites (tertiary alicyclic amines) is 1. The molecule has 0 aliphatic carbocycles. The molecule has 4 nitrogen and oxygen atoms in total. The second-order valence-electron chi connectivity index (χ2n) is 5.23. The van der Waals surface area contributed by atoms with Crippen LogP contribution in [0.1, 0.15) is 31.7 Å². The maximum atomic E-state index is 11.5. The minimum absolute atomic E-state index is 0.409. The average molecular weight is 277 g/mol. The van der Waals surface area contributed by atoms with Gasteiger partial charge in [-0.3, -0.25) is 9.69 Å². The van der Waals surface area contributed by atoms with Crippen molar-refractivity contribution in [2.24, 2.45) is 0 Å². The highest BCUT2D eigenvalue weighted by atomic mass is 16.5. The van der Waals surface area contributed by atoms with Crippen LogP contribution in [0.15, 0.2) is 24.3 Å². The highest BCUT2D eigenvalue weighted by molar-refractivity contribution is 5.74. The van der Waals surface area contributed by atoms with Crippen LogP contribution in [0.2, 0.25) is 0 Å². The predicted molar refractivity (Wildman–Crippen MR) is 78.2 cm³/mol. The fraction of sp³-hybridized carbons (Fsp3) is 0.562. The summed E-state index contributed by atoms with van der Waals surface area (Å²) in [5.74, 6) is 0.113. The Morgan fingerprint density at radius 3 is 2.45 bits per heavy atom. The molecule has 1 atom stereocenters. The number of carboxylic acid groups (broad SMARTS) is 1. The van der Waals surface area contributed by atoms with Crippen molar-refractivity contribution in [3.63, 3.8) is 0 Å². The zero-order valence-electron chi connectivity index (χ0n) is 12.0. The normalized spacial score (nSPS) is 17.6. The number of rotatable bonds is 6. The minimum atomic E-state index is -0.721. The highest BCUT2D eigenvalue weighted by Gasteiger charge is 2.26. The van der Waals surface area contributed by atoms with Gasteiger partial charge in [0.15, 0.2) is 0 Å². The fourth-order valence-electron chi connectivity index (χ4n) is 2.71. The molecule has 1 aromatic carbocycles. The summed E-state index contributed by atoms with van der Waals surface area (Å²) in [5, 5.41) is 9.46. The van der Waals surface area contributed by atoms with E-state index in [0.29, 0.717) is 13.0 Å². The van der Waals surface area contributed by atoms with Crippen molar-refractivity contribution in [3.8, 4) is 5.75 Å². The summed E-state index contributed by atoms with van der Waals surface area (Å²) in [4.78, 5) is 13.6. The number of carbonyl (C=O) groups is 1. The first-order valence-electron chi connectivity index (χ1n) is 7.39. The molecule has 110 valence electrons. The molecular weight excluding hydrogens is 254 g/mol. The van der Waals surface area contributed by atoms with E-state index < -0.39 is 12.0 Å². The maximum absolute atomic E-state index is 11.5. The van der Waals surface area contributed by atoms with Gasteiger partial charge in [-0.2, -0.15) is 0 Å². The first-order chi connectivity index (χ1) is 9.70. The topological polar surface area (TPSA) is 49.8 Å². The molecule has 1 saturated heterocycles. The average Bonchev–Trinajstić information content (AvgIpc) is 2.47. The van der Waals surface area contributed by atoms with Gasteiger partial charge in [-0.15, -0.1) is 0 Å². The number of nitrogens with zero attached hydrogens (tertiary/aromatic N) is 1. The van der Waals surface area contributed by atoms with Crippen molar-refractivity contribution in [2.45, 2.75) is 38.6 Å². The van der Waals surface area contributed by atoms with E-state index in [-0.39, 0.29) is 0 Å². The maximum Gasteiger partial charge on any atom is 0.321 e. The van der Waals surface area contributed by atoms with Crippen LogP contribution in [0.4, 0.5) is 0 Å². The van der Waals surface area contributed by atoms with E-state index in [1.807, 2.05) is 31.2 Å². The molecule has 1 aliphatic rings. The van der Waals surface area contributed by atoms with Crippen LogP contribution < -0.4 is 4.74 Å². The van der Waals surface area contributed by atoms with Gasteiger partial charge >= 0.3 is 5.97 Å². The molecule has 0 spiro atoms. The first kappa shape index (κ1) is 14.9. The summed E-state index contributed by atoms with van der Waals surface area (Å²) < 4.78 is 5.40. The molecule has 0 aromatic heterocycles. The number of hydrogen-bond acceptors (Lipinski definition) is 3. The Balaban J connectivity index is 2.01. The quantitative estimate of drug-likeness (QED) is 0.868. The van der Waals surface area contributed by atoms with E-state index in [4.69, 9.17) is 4.74 Å². The molecule has 4 heteroatoms. The molecule has 0 radical (unpaired) electrons. The lowest BCUT2D eigenvalue weighted by Crippen LogP contribution is -2.45. The Labute approximate surface area is 120 Å². The molecule has 1 aromatic rings. The van der Waals surface area contributed by atoms with Crippen LogP contribution in [-0.2, 0) is 11.2 Å². The Morgan fingerprint density at radius 2 is 1.90 bits per heavy atom. The van der Waals surface area contributed by atoms with E-state index in [2.05, 4.69) is 4.90 Å². The summed E-state index contributed by atoms with van der Waals surface area (Å²) in [6.07, 6.45) is 3.98. The largest absolute Gasteiger partial charge is 0.494 e. The molecule has 20 heavy (non-hydrogen) atoms. The monoisotopic (exact) mass is 277 g/mol. The van der Waals surface area contributed by atoms with Gasteiger partial charge in [0.05, 0.1) is 6.61 Å². The second-order valence-corrected chi connectivity index (χ2v) is 5.23. The van der Waals surface area contributed by atoms with Crippen molar-refractivity contribution >= 4 is 5.97 Å². The van der Waals surface area contributed by atoms with E-state index in [0.717, 1.165) is 37.2 Å². The van der Waals surface area contributed by atoms with Crippen molar-refractivity contribution in [1.29, 1.82) is 0 Å². The highest BCUT2D eigenvalue weighted by Crippen LogP contribution is 2.18. The van der Waals surface area contributed by atoms with E-state index in [9.17, 15) is 9.90 Å². The van der Waals surface area contributed by atoms with Gasteiger partial charge < -0.3 is 9.84 Å². The lowest BCUT2D eigenvalue weighted by Gasteiger charge is -2.32. The SMILES string of the molecule is CCOc1ccc(C[C@@H](C(=O)O)N2CCCCC2)cc1. The zero-order chi connectivity index (χ0) is 14.4. The summed E-state index contributed by atoms with van der Waals surface area (Å²) in [7, 11) is 0. The molecular formula is C16H23NO3. The lowest BCUT2D eigenvalue weighted by atomic mass is 10.0. The van der Waals surface area contributed by atoms with E-state index >= 15 is 0 Å². The number of benzene rings is 1. The van der Waals surface area contributed by atoms with Crippen molar-refractivity contribution in [3.05, 3.63) is 29.8 Å². The third-order valence-corrected chi connectivity index (χ3v) is 3.78. The predicted octanol–water partition coefficient (Wildman–Crippen LogP) is 2.57. The van der Waals surface area contributed by atoms with Gasteiger partial charge in [0, 0.05) is 0 Å². The third kappa shape index (κ3) is 3.97. The van der Waals surface area contributed by atoms with Gasteiger partial charge in [-0.1, -0.05) is 18.6 Å². The van der Waals surface area contributed by atoms with E-state index in [1.165, 1.54) is 6.42 Å². The molecule has 1 fully saturated rings. The molecule has 1 heterocycles. The summed E-state index contributed by atoms with van der Waals surface area (Å²) in [6, 6.07) is 7.34. The van der Waals surface area contributed by atoms with Crippen LogP contribution in [0, 0.1) is 0 Å². The smallest absolute Gasteiger partial charge is 0.321 e. The van der Waals surface area contributed by atoms with Crippen molar-refractivity contribution < 1.29 is 14.6 Å². The molecule has 0 bridgehead atoms. The Bertz CT molecular complexity index is 424. The minimum Gasteiger partial charge on any atom is -0.494 e. The van der Waals surface area contributed by atoms with Gasteiger partial charge in [-0.05, 0) is 57.0 Å². The molecule has 2 rings (SSSR count). The van der Waals surface area contributed by atoms with Gasteiger partial charge in [0.25, 0.3) is 0 Å². The molecule has 1 N–H and O–H groups in total. The molecule has 1 aliphatic heterocycles. The zero-order valence-corrected chi connectivity index (χ0v) is 12.0. The van der Waals surface area contributed by atoms with Crippen molar-refractivity contribution in [1.82, 2.24) is 4.90 Å². The van der Waals surface area contributed by atoms with E-state index in [1.54, 1.807) is 0 Å². The standard InChI is InChI=1S/C16H23NO3/c1-2-20-14-8-6-13(7-9-14)12-15(16(18)19)17-10-4-3-5-11-17/h6-9,15H,2-5,10-12H2,1H3,(H,18,19)/t15-/m0/s1. The van der Waals surface area contributed by atoms with Crippen LogP contribution in [0.25, 0.3) is 0 Å². The molecule has 0 saturated carbocycles. The number of ether oxygens (including phenoxy) is 1. The van der Waals surface area contributed by atoms with Gasteiger partial charge in [0.2, 0.25) is 0 Å². The van der Waals surface area contributed by atoms with Crippen molar-refractivity contribution in [2.75, 3.05) is 19.7 Å². The van der Waals surface area contributed by atoms with Gasteiger partial charge in [0.1, 0.15) is 11.8 Å². The number of aliphatic carboxylic acids is 1. The second kappa shape index (κ2) is 7.29. The lowest BCUT2D eigenvalue weighted by molar-refractivity contribution is -0.143. The van der Waals surface area contributed by atoms with Gasteiger partial charge in [-0.25, -0.2) is 0 Å². The Morgan fingerprint density at radius 1 is 1.25 bits per heavy atom. The number of hydrogen-bond donors (Lipinski definition) is 1. The Kier molecular flexibility index (Phi) is 5.41. The fourth-order valence-corrected chi connectivity index (χ4v) is 2.71. The van der Waals surface area contributed by atoms with Crippen LogP contribution in [0.5, 0.6) is 5.75 Å². The summed E-state index contributed by atoms with van der Waals surface area (Å²) in [5.41, 5.74) is 1.05. The van der Waals surface area contributed by atoms with Crippen LogP contribution in [0.3, 0.4) is 0 Å². The van der Waals surface area contributed by atoms with Crippen LogP contribution in [-0.4, -0.2) is 41.7 Å².